The molecule has 2 heterocycles. The molecule has 5 nitrogen and oxygen atoms in total. The smallest absolute Gasteiger partial charge is 0.318 e. The van der Waals surface area contributed by atoms with Crippen LogP contribution in [0.4, 0.5) is 5.69 Å². The normalized spacial score (nSPS) is 19.1. The second-order valence-electron chi connectivity index (χ2n) is 11.2. The van der Waals surface area contributed by atoms with Crippen molar-refractivity contribution in [3.8, 4) is 0 Å². The van der Waals surface area contributed by atoms with Crippen molar-refractivity contribution in [3.63, 3.8) is 0 Å². The van der Waals surface area contributed by atoms with Gasteiger partial charge in [0, 0.05) is 52.1 Å². The standard InChI is InChI=1S/C36H32BrCl2N3O2S/c1-44-34(43)33-32(20-11-25-5-3-2-4-6-25)42(31-18-12-28(37)13-19-31)35(45)36(33)40(23-26-7-14-29(38)15-8-26)21-22-41(36)24-27-9-16-30(39)17-10-27/h2-10,12-20,33H,11,21-24H2,1H3/b32-20+. The quantitative estimate of drug-likeness (QED) is 0.134. The Morgan fingerprint density at radius 2 is 1.38 bits per heavy atom. The minimum atomic E-state index is -0.989. The lowest BCUT2D eigenvalue weighted by Gasteiger charge is -2.43. The number of halogens is 3. The number of carbonyl (C=O) groups is 1. The Morgan fingerprint density at radius 3 is 1.89 bits per heavy atom. The Labute approximate surface area is 288 Å². The lowest BCUT2D eigenvalue weighted by atomic mass is 9.89. The molecule has 4 aromatic carbocycles. The molecule has 2 aliphatic rings. The van der Waals surface area contributed by atoms with Crippen molar-refractivity contribution in [1.82, 2.24) is 9.80 Å². The van der Waals surface area contributed by atoms with Gasteiger partial charge in [-0.3, -0.25) is 14.6 Å². The largest absolute Gasteiger partial charge is 0.468 e. The minimum Gasteiger partial charge on any atom is -0.468 e. The second-order valence-corrected chi connectivity index (χ2v) is 13.4. The molecule has 1 atom stereocenters. The fourth-order valence-corrected chi connectivity index (χ4v) is 7.59. The van der Waals surface area contributed by atoms with Gasteiger partial charge in [-0.15, -0.1) is 0 Å². The van der Waals surface area contributed by atoms with Crippen LogP contribution >= 0.6 is 51.3 Å². The zero-order chi connectivity index (χ0) is 31.6. The molecule has 9 heteroatoms. The summed E-state index contributed by atoms with van der Waals surface area (Å²) in [6.07, 6.45) is 2.77. The number of allylic oxidation sites excluding steroid dienone is 1. The molecule has 0 saturated carbocycles. The SMILES string of the molecule is COC(=O)C1/C(=C\Cc2ccccc2)N(c2ccc(Br)cc2)C(=S)C12N(Cc1ccc(Cl)cc1)CCN2Cc1ccc(Cl)cc1. The molecule has 2 saturated heterocycles. The molecule has 0 N–H and O–H groups in total. The van der Waals surface area contributed by atoms with E-state index in [-0.39, 0.29) is 5.97 Å². The number of rotatable bonds is 8. The van der Waals surface area contributed by atoms with Crippen molar-refractivity contribution >= 4 is 68.0 Å². The average Bonchev–Trinajstić information content (AvgIpc) is 3.53. The first kappa shape index (κ1) is 31.9. The molecule has 2 fully saturated rings. The molecule has 0 radical (unpaired) electrons. The fraction of sp³-hybridized carbons (Fsp3) is 0.222. The number of thiocarbonyl (C=S) groups is 1. The highest BCUT2D eigenvalue weighted by Crippen LogP contribution is 2.50. The van der Waals surface area contributed by atoms with E-state index in [0.29, 0.717) is 47.6 Å². The molecule has 6 rings (SSSR count). The summed E-state index contributed by atoms with van der Waals surface area (Å²) >= 11 is 22.6. The third-order valence-electron chi connectivity index (χ3n) is 8.56. The fourth-order valence-electron chi connectivity index (χ4n) is 6.48. The number of esters is 1. The van der Waals surface area contributed by atoms with Gasteiger partial charge in [0.1, 0.15) is 16.6 Å². The molecule has 1 spiro atoms. The molecular formula is C36H32BrCl2N3O2S. The van der Waals surface area contributed by atoms with E-state index in [1.54, 1.807) is 0 Å². The maximum Gasteiger partial charge on any atom is 0.318 e. The summed E-state index contributed by atoms with van der Waals surface area (Å²) in [5.41, 5.74) is 4.00. The van der Waals surface area contributed by atoms with Gasteiger partial charge in [-0.1, -0.05) is 112 Å². The van der Waals surface area contributed by atoms with Crippen LogP contribution in [0.25, 0.3) is 0 Å². The van der Waals surface area contributed by atoms with Crippen LogP contribution < -0.4 is 4.90 Å². The van der Waals surface area contributed by atoms with E-state index in [2.05, 4.69) is 48.8 Å². The summed E-state index contributed by atoms with van der Waals surface area (Å²) in [4.78, 5) is 21.6. The van der Waals surface area contributed by atoms with Crippen molar-refractivity contribution < 1.29 is 9.53 Å². The highest BCUT2D eigenvalue weighted by molar-refractivity contribution is 9.10. The first-order chi connectivity index (χ1) is 21.8. The summed E-state index contributed by atoms with van der Waals surface area (Å²) in [5.74, 6) is -1.05. The van der Waals surface area contributed by atoms with Gasteiger partial charge in [-0.25, -0.2) is 0 Å². The van der Waals surface area contributed by atoms with Crippen molar-refractivity contribution in [2.75, 3.05) is 25.1 Å². The third kappa shape index (κ3) is 6.35. The Morgan fingerprint density at radius 1 is 0.844 bits per heavy atom. The summed E-state index contributed by atoms with van der Waals surface area (Å²) in [6.45, 7) is 2.54. The molecular weight excluding hydrogens is 689 g/mol. The van der Waals surface area contributed by atoms with Crippen molar-refractivity contribution in [3.05, 3.63) is 146 Å². The maximum absolute atomic E-state index is 14.2. The molecule has 0 aromatic heterocycles. The Hall–Kier alpha value is -3.04. The van der Waals surface area contributed by atoms with Crippen molar-refractivity contribution in [2.45, 2.75) is 25.2 Å². The van der Waals surface area contributed by atoms with Gasteiger partial charge in [0.2, 0.25) is 0 Å². The number of methoxy groups -OCH3 is 1. The molecule has 2 aliphatic heterocycles. The van der Waals surface area contributed by atoms with Crippen molar-refractivity contribution in [2.24, 2.45) is 5.92 Å². The molecule has 230 valence electrons. The number of ether oxygens (including phenoxy) is 1. The number of carbonyl (C=O) groups excluding carboxylic acids is 1. The highest BCUT2D eigenvalue weighted by atomic mass is 79.9. The van der Waals surface area contributed by atoms with E-state index in [9.17, 15) is 4.79 Å². The van der Waals surface area contributed by atoms with Gasteiger partial charge >= 0.3 is 5.97 Å². The van der Waals surface area contributed by atoms with Gasteiger partial charge in [-0.2, -0.15) is 0 Å². The zero-order valence-corrected chi connectivity index (χ0v) is 28.6. The van der Waals surface area contributed by atoms with E-state index in [0.717, 1.165) is 32.5 Å². The van der Waals surface area contributed by atoms with E-state index < -0.39 is 11.6 Å². The van der Waals surface area contributed by atoms with Crippen LogP contribution in [0.15, 0.2) is 119 Å². The molecule has 0 aliphatic carbocycles. The maximum atomic E-state index is 14.2. The number of nitrogens with zero attached hydrogens (tertiary/aromatic N) is 3. The van der Waals surface area contributed by atoms with E-state index in [4.69, 9.17) is 40.2 Å². The zero-order valence-electron chi connectivity index (χ0n) is 24.7. The summed E-state index contributed by atoms with van der Waals surface area (Å²) in [7, 11) is 1.46. The van der Waals surface area contributed by atoms with E-state index in [1.807, 2.05) is 91.0 Å². The van der Waals surface area contributed by atoms with Crippen LogP contribution in [0.3, 0.4) is 0 Å². The van der Waals surface area contributed by atoms with Crippen LogP contribution in [-0.2, 0) is 29.0 Å². The van der Waals surface area contributed by atoms with Crippen molar-refractivity contribution in [1.29, 1.82) is 0 Å². The molecule has 0 bridgehead atoms. The number of benzene rings is 4. The Kier molecular flexibility index (Phi) is 9.76. The van der Waals surface area contributed by atoms with Crippen LogP contribution in [-0.4, -0.2) is 46.6 Å². The predicted octanol–water partition coefficient (Wildman–Crippen LogP) is 8.53. The third-order valence-corrected chi connectivity index (χ3v) is 10.1. The monoisotopic (exact) mass is 719 g/mol. The number of anilines is 1. The van der Waals surface area contributed by atoms with Crippen LogP contribution in [0, 0.1) is 5.92 Å². The second kappa shape index (κ2) is 13.8. The summed E-state index contributed by atoms with van der Waals surface area (Å²) < 4.78 is 6.58. The lowest BCUT2D eigenvalue weighted by molar-refractivity contribution is -0.150. The Bertz CT molecular complexity index is 1640. The lowest BCUT2D eigenvalue weighted by Crippen LogP contribution is -2.62. The molecule has 1 unspecified atom stereocenters. The Balaban J connectivity index is 1.54. The van der Waals surface area contributed by atoms with Gasteiger partial charge in [0.05, 0.1) is 7.11 Å². The number of hydrogen-bond acceptors (Lipinski definition) is 5. The van der Waals surface area contributed by atoms with Crippen LogP contribution in [0.1, 0.15) is 16.7 Å². The van der Waals surface area contributed by atoms with Gasteiger partial charge < -0.3 is 9.64 Å². The first-order valence-electron chi connectivity index (χ1n) is 14.7. The first-order valence-corrected chi connectivity index (χ1v) is 16.7. The molecule has 4 aromatic rings. The van der Waals surface area contributed by atoms with Crippen LogP contribution in [0.5, 0.6) is 0 Å². The minimum absolute atomic E-state index is 0.333. The highest BCUT2D eigenvalue weighted by Gasteiger charge is 2.66. The van der Waals surface area contributed by atoms with Gasteiger partial charge in [0.25, 0.3) is 0 Å². The number of hydrogen-bond donors (Lipinski definition) is 0. The summed E-state index contributed by atoms with van der Waals surface area (Å²) in [6, 6.07) is 34.0. The molecule has 0 amide bonds. The summed E-state index contributed by atoms with van der Waals surface area (Å²) in [5, 5.41) is 1.35. The van der Waals surface area contributed by atoms with Crippen LogP contribution in [0.2, 0.25) is 10.0 Å². The predicted molar refractivity (Wildman–Crippen MR) is 189 cm³/mol. The van der Waals surface area contributed by atoms with Gasteiger partial charge in [0.15, 0.2) is 0 Å². The average molecular weight is 722 g/mol. The van der Waals surface area contributed by atoms with Gasteiger partial charge in [-0.05, 0) is 71.6 Å². The molecule has 45 heavy (non-hydrogen) atoms. The van der Waals surface area contributed by atoms with E-state index in [1.165, 1.54) is 7.11 Å². The topological polar surface area (TPSA) is 36.0 Å². The van der Waals surface area contributed by atoms with E-state index >= 15 is 0 Å².